The predicted octanol–water partition coefficient (Wildman–Crippen LogP) is 3.71. The summed E-state index contributed by atoms with van der Waals surface area (Å²) < 4.78 is 30.3. The van der Waals surface area contributed by atoms with Crippen LogP contribution < -0.4 is 14.4 Å². The van der Waals surface area contributed by atoms with Crippen LogP contribution in [0.5, 0.6) is 5.75 Å². The van der Waals surface area contributed by atoms with Gasteiger partial charge in [-0.15, -0.1) is 0 Å². The van der Waals surface area contributed by atoms with Crippen LogP contribution in [0.2, 0.25) is 0 Å². The van der Waals surface area contributed by atoms with Crippen LogP contribution in [0, 0.1) is 0 Å². The second-order valence-electron chi connectivity index (χ2n) is 7.10. The zero-order chi connectivity index (χ0) is 21.7. The van der Waals surface area contributed by atoms with Crippen molar-refractivity contribution in [1.82, 2.24) is 5.32 Å². The number of anilines is 1. The van der Waals surface area contributed by atoms with Crippen LogP contribution in [-0.2, 0) is 21.4 Å². The first-order valence-corrected chi connectivity index (χ1v) is 11.6. The number of carbonyl (C=O) groups excluding carboxylic acids is 1. The molecular weight excluding hydrogens is 400 g/mol. The molecule has 7 heteroatoms. The Bertz CT molecular complexity index is 1120. The van der Waals surface area contributed by atoms with Gasteiger partial charge in [-0.2, -0.15) is 0 Å². The molecule has 3 aromatic rings. The minimum absolute atomic E-state index is 0.192. The lowest BCUT2D eigenvalue weighted by molar-refractivity contribution is -0.128. The minimum Gasteiger partial charge on any atom is -0.481 e. The molecule has 0 radical (unpaired) electrons. The van der Waals surface area contributed by atoms with Gasteiger partial charge < -0.3 is 10.1 Å². The molecule has 0 fully saturated rings. The van der Waals surface area contributed by atoms with E-state index in [-0.39, 0.29) is 5.91 Å². The zero-order valence-electron chi connectivity index (χ0n) is 17.3. The van der Waals surface area contributed by atoms with E-state index in [0.717, 1.165) is 22.6 Å². The number of ether oxygens (including phenoxy) is 1. The first-order chi connectivity index (χ1) is 14.3. The van der Waals surface area contributed by atoms with Gasteiger partial charge >= 0.3 is 0 Å². The average molecular weight is 427 g/mol. The van der Waals surface area contributed by atoms with Crippen LogP contribution in [-0.4, -0.2) is 33.7 Å². The Morgan fingerprint density at radius 2 is 1.70 bits per heavy atom. The molecule has 3 aromatic carbocycles. The number of rotatable bonds is 8. The van der Waals surface area contributed by atoms with E-state index in [1.807, 2.05) is 49.4 Å². The molecule has 0 saturated heterocycles. The SMILES string of the molecule is CC[C@H](Oc1ccc(N(C)S(C)(=O)=O)cc1)C(=O)NCc1cccc2ccccc12. The maximum atomic E-state index is 12.7. The summed E-state index contributed by atoms with van der Waals surface area (Å²) >= 11 is 0. The monoisotopic (exact) mass is 426 g/mol. The third-order valence-corrected chi connectivity index (χ3v) is 6.18. The third kappa shape index (κ3) is 5.10. The summed E-state index contributed by atoms with van der Waals surface area (Å²) in [5, 5.41) is 5.20. The number of sulfonamides is 1. The quantitative estimate of drug-likeness (QED) is 0.596. The van der Waals surface area contributed by atoms with Crippen molar-refractivity contribution in [2.45, 2.75) is 26.0 Å². The molecule has 30 heavy (non-hydrogen) atoms. The maximum absolute atomic E-state index is 12.7. The van der Waals surface area contributed by atoms with Gasteiger partial charge in [0.25, 0.3) is 5.91 Å². The molecule has 0 saturated carbocycles. The molecule has 3 rings (SSSR count). The summed E-state index contributed by atoms with van der Waals surface area (Å²) in [5.74, 6) is 0.315. The number of amides is 1. The molecule has 0 aliphatic rings. The average Bonchev–Trinajstić information content (AvgIpc) is 2.75. The van der Waals surface area contributed by atoms with Crippen molar-refractivity contribution in [2.24, 2.45) is 0 Å². The van der Waals surface area contributed by atoms with E-state index >= 15 is 0 Å². The van der Waals surface area contributed by atoms with E-state index in [0.29, 0.717) is 24.4 Å². The van der Waals surface area contributed by atoms with Crippen LogP contribution in [0.4, 0.5) is 5.69 Å². The Labute approximate surface area is 177 Å². The van der Waals surface area contributed by atoms with Gasteiger partial charge in [0.2, 0.25) is 10.0 Å². The summed E-state index contributed by atoms with van der Waals surface area (Å²) in [5.41, 5.74) is 1.57. The Hall–Kier alpha value is -3.06. The van der Waals surface area contributed by atoms with E-state index in [1.165, 1.54) is 11.4 Å². The fourth-order valence-corrected chi connectivity index (χ4v) is 3.66. The van der Waals surface area contributed by atoms with Crippen LogP contribution in [0.25, 0.3) is 10.8 Å². The molecule has 0 heterocycles. The van der Waals surface area contributed by atoms with Gasteiger partial charge in [0.1, 0.15) is 5.75 Å². The highest BCUT2D eigenvalue weighted by Gasteiger charge is 2.19. The zero-order valence-corrected chi connectivity index (χ0v) is 18.1. The van der Waals surface area contributed by atoms with Gasteiger partial charge in [-0.3, -0.25) is 9.10 Å². The van der Waals surface area contributed by atoms with Crippen molar-refractivity contribution in [3.8, 4) is 5.75 Å². The molecule has 1 amide bonds. The van der Waals surface area contributed by atoms with Crippen molar-refractivity contribution < 1.29 is 17.9 Å². The van der Waals surface area contributed by atoms with Gasteiger partial charge in [-0.1, -0.05) is 49.4 Å². The standard InChI is InChI=1S/C23H26N2O4S/c1-4-22(29-20-14-12-19(13-15-20)25(2)30(3,27)28)23(26)24-16-18-10-7-9-17-8-5-6-11-21(17)18/h5-15,22H,4,16H2,1-3H3,(H,24,26)/t22-/m0/s1. The summed E-state index contributed by atoms with van der Waals surface area (Å²) in [6, 6.07) is 20.7. The van der Waals surface area contributed by atoms with Crippen molar-refractivity contribution in [2.75, 3.05) is 17.6 Å². The first-order valence-electron chi connectivity index (χ1n) is 9.74. The highest BCUT2D eigenvalue weighted by Crippen LogP contribution is 2.22. The topological polar surface area (TPSA) is 75.7 Å². The second kappa shape index (κ2) is 9.17. The minimum atomic E-state index is -3.33. The Kier molecular flexibility index (Phi) is 6.62. The van der Waals surface area contributed by atoms with Crippen molar-refractivity contribution in [1.29, 1.82) is 0 Å². The number of hydrogen-bond acceptors (Lipinski definition) is 4. The molecule has 0 aliphatic heterocycles. The summed E-state index contributed by atoms with van der Waals surface area (Å²) in [6.45, 7) is 2.30. The predicted molar refractivity (Wildman–Crippen MR) is 120 cm³/mol. The first kappa shape index (κ1) is 21.6. The lowest BCUT2D eigenvalue weighted by atomic mass is 10.0. The van der Waals surface area contributed by atoms with E-state index in [1.54, 1.807) is 24.3 Å². The molecule has 6 nitrogen and oxygen atoms in total. The smallest absolute Gasteiger partial charge is 0.261 e. The van der Waals surface area contributed by atoms with Gasteiger partial charge in [-0.05, 0) is 47.0 Å². The van der Waals surface area contributed by atoms with Gasteiger partial charge in [-0.25, -0.2) is 8.42 Å². The normalized spacial score (nSPS) is 12.4. The van der Waals surface area contributed by atoms with Crippen molar-refractivity contribution in [3.63, 3.8) is 0 Å². The van der Waals surface area contributed by atoms with E-state index in [9.17, 15) is 13.2 Å². The number of carbonyl (C=O) groups is 1. The number of benzene rings is 3. The van der Waals surface area contributed by atoms with Crippen molar-refractivity contribution >= 4 is 32.4 Å². The van der Waals surface area contributed by atoms with Crippen LogP contribution >= 0.6 is 0 Å². The van der Waals surface area contributed by atoms with Gasteiger partial charge in [0, 0.05) is 13.6 Å². The molecule has 1 atom stereocenters. The molecular formula is C23H26N2O4S. The molecule has 0 bridgehead atoms. The third-order valence-electron chi connectivity index (χ3n) is 4.97. The molecule has 158 valence electrons. The summed E-state index contributed by atoms with van der Waals surface area (Å²) in [7, 11) is -1.84. The summed E-state index contributed by atoms with van der Waals surface area (Å²) in [4.78, 5) is 12.7. The van der Waals surface area contributed by atoms with Crippen LogP contribution in [0.15, 0.2) is 66.7 Å². The molecule has 0 spiro atoms. The lowest BCUT2D eigenvalue weighted by Crippen LogP contribution is -2.37. The fraction of sp³-hybridized carbons (Fsp3) is 0.261. The fourth-order valence-electron chi connectivity index (χ4n) is 3.16. The van der Waals surface area contributed by atoms with Crippen molar-refractivity contribution in [3.05, 3.63) is 72.3 Å². The highest BCUT2D eigenvalue weighted by atomic mass is 32.2. The molecule has 0 aliphatic carbocycles. The maximum Gasteiger partial charge on any atom is 0.261 e. The van der Waals surface area contributed by atoms with E-state index < -0.39 is 16.1 Å². The Morgan fingerprint density at radius 1 is 1.03 bits per heavy atom. The number of hydrogen-bond donors (Lipinski definition) is 1. The summed E-state index contributed by atoms with van der Waals surface area (Å²) in [6.07, 6.45) is 1.01. The Morgan fingerprint density at radius 3 is 2.37 bits per heavy atom. The Balaban J connectivity index is 1.65. The van der Waals surface area contributed by atoms with Gasteiger partial charge in [0.15, 0.2) is 6.10 Å². The van der Waals surface area contributed by atoms with Crippen LogP contribution in [0.3, 0.4) is 0 Å². The largest absolute Gasteiger partial charge is 0.481 e. The number of fused-ring (bicyclic) bond motifs is 1. The second-order valence-corrected chi connectivity index (χ2v) is 9.11. The van der Waals surface area contributed by atoms with Gasteiger partial charge in [0.05, 0.1) is 11.9 Å². The highest BCUT2D eigenvalue weighted by molar-refractivity contribution is 7.92. The molecule has 0 aromatic heterocycles. The number of nitrogens with zero attached hydrogens (tertiary/aromatic N) is 1. The molecule has 1 N–H and O–H groups in total. The number of nitrogens with one attached hydrogen (secondary N) is 1. The lowest BCUT2D eigenvalue weighted by Gasteiger charge is -2.19. The molecule has 0 unspecified atom stereocenters. The van der Waals surface area contributed by atoms with E-state index in [2.05, 4.69) is 5.32 Å². The van der Waals surface area contributed by atoms with E-state index in [4.69, 9.17) is 4.74 Å². The van der Waals surface area contributed by atoms with Crippen LogP contribution in [0.1, 0.15) is 18.9 Å².